The molecule has 2 radical (unpaired) electrons. The standard InChI is InChI=1S/C5H15ClSi3/c1-7-9(4,5)8(2,3)6/h1-5H3. The molecule has 0 aromatic carbocycles. The van der Waals surface area contributed by atoms with E-state index in [1.54, 1.807) is 0 Å². The van der Waals surface area contributed by atoms with Crippen molar-refractivity contribution in [2.24, 2.45) is 0 Å². The summed E-state index contributed by atoms with van der Waals surface area (Å²) >= 11 is 6.33. The Balaban J connectivity index is 4.14. The van der Waals surface area contributed by atoms with Crippen molar-refractivity contribution in [2.45, 2.75) is 32.7 Å². The molecule has 0 nitrogen and oxygen atoms in total. The van der Waals surface area contributed by atoms with Crippen molar-refractivity contribution in [3.8, 4) is 0 Å². The number of hydrogen-bond donors (Lipinski definition) is 0. The SMILES string of the molecule is C[Si][Si](C)(C)[Si](C)(C)Cl. The van der Waals surface area contributed by atoms with Crippen LogP contribution in [0.15, 0.2) is 0 Å². The van der Waals surface area contributed by atoms with Gasteiger partial charge in [-0.3, -0.25) is 0 Å². The van der Waals surface area contributed by atoms with Gasteiger partial charge < -0.3 is 0 Å². The first-order chi connectivity index (χ1) is 3.81. The van der Waals surface area contributed by atoms with Crippen molar-refractivity contribution in [1.82, 2.24) is 0 Å². The average Bonchev–Trinajstić information content (AvgIpc) is 1.64. The van der Waals surface area contributed by atoms with Crippen molar-refractivity contribution in [1.29, 1.82) is 0 Å². The van der Waals surface area contributed by atoms with Gasteiger partial charge in [-0.2, -0.15) is 11.1 Å². The normalized spacial score (nSPS) is 14.0. The fraction of sp³-hybridized carbons (Fsp3) is 1.00. The Morgan fingerprint density at radius 2 is 1.44 bits per heavy atom. The molecule has 0 amide bonds. The second kappa shape index (κ2) is 2.90. The van der Waals surface area contributed by atoms with Gasteiger partial charge in [-0.05, 0) is 0 Å². The Morgan fingerprint density at radius 3 is 1.44 bits per heavy atom. The maximum atomic E-state index is 6.33. The van der Waals surface area contributed by atoms with E-state index in [1.807, 2.05) is 0 Å². The van der Waals surface area contributed by atoms with Crippen LogP contribution < -0.4 is 0 Å². The minimum Gasteiger partial charge on any atom is -0.171 e. The van der Waals surface area contributed by atoms with Gasteiger partial charge in [0.05, 0.1) is 0 Å². The van der Waals surface area contributed by atoms with E-state index in [2.05, 4.69) is 32.7 Å². The number of halogens is 1. The minimum absolute atomic E-state index is 0.947. The highest BCUT2D eigenvalue weighted by atomic mass is 35.6. The van der Waals surface area contributed by atoms with E-state index in [9.17, 15) is 0 Å². The third kappa shape index (κ3) is 2.57. The Kier molecular flexibility index (Phi) is 3.20. The summed E-state index contributed by atoms with van der Waals surface area (Å²) < 4.78 is 0. The molecule has 0 saturated heterocycles. The van der Waals surface area contributed by atoms with E-state index in [4.69, 9.17) is 11.1 Å². The molecule has 0 heterocycles. The molecule has 0 aromatic heterocycles. The van der Waals surface area contributed by atoms with Crippen LogP contribution in [0.3, 0.4) is 0 Å². The Morgan fingerprint density at radius 1 is 1.11 bits per heavy atom. The summed E-state index contributed by atoms with van der Waals surface area (Å²) in [5.74, 6) is 0. The topological polar surface area (TPSA) is 0 Å². The molecule has 0 saturated carbocycles. The molecule has 0 rings (SSSR count). The molecule has 9 heavy (non-hydrogen) atoms. The van der Waals surface area contributed by atoms with Crippen LogP contribution in [0.25, 0.3) is 0 Å². The maximum absolute atomic E-state index is 6.33. The van der Waals surface area contributed by atoms with Crippen molar-refractivity contribution in [3.63, 3.8) is 0 Å². The highest BCUT2D eigenvalue weighted by Crippen LogP contribution is 2.21. The summed E-state index contributed by atoms with van der Waals surface area (Å²) in [6.45, 7) is 10.4. The largest absolute Gasteiger partial charge is 0.171 e. The first kappa shape index (κ1) is 9.94. The first-order valence-corrected chi connectivity index (χ1v) is 13.7. The van der Waals surface area contributed by atoms with Crippen molar-refractivity contribution >= 4 is 34.1 Å². The lowest BCUT2D eigenvalue weighted by atomic mass is 11.9. The smallest absolute Gasteiger partial charge is 0.137 e. The molecule has 54 valence electrons. The summed E-state index contributed by atoms with van der Waals surface area (Å²) in [5.41, 5.74) is 0. The molecule has 0 bridgehead atoms. The molecule has 0 aliphatic carbocycles. The molecule has 0 spiro atoms. The maximum Gasteiger partial charge on any atom is 0.137 e. The fourth-order valence-electron chi connectivity index (χ4n) is 0.297. The number of rotatable bonds is 2. The Labute approximate surface area is 67.1 Å². The molecular formula is C5H15ClSi3. The molecule has 0 atom stereocenters. The minimum atomic E-state index is -1.26. The molecule has 0 fully saturated rings. The van der Waals surface area contributed by atoms with E-state index in [0.29, 0.717) is 0 Å². The molecule has 4 heteroatoms. The lowest BCUT2D eigenvalue weighted by Crippen LogP contribution is -2.54. The fourth-order valence-corrected chi connectivity index (χ4v) is 10.6. The van der Waals surface area contributed by atoms with E-state index < -0.39 is 14.0 Å². The van der Waals surface area contributed by atoms with Crippen molar-refractivity contribution < 1.29 is 0 Å². The second-order valence-corrected chi connectivity index (χ2v) is 28.1. The van der Waals surface area contributed by atoms with Gasteiger partial charge in [0.15, 0.2) is 0 Å². The highest BCUT2D eigenvalue weighted by molar-refractivity contribution is 7.71. The molecule has 0 N–H and O–H groups in total. The van der Waals surface area contributed by atoms with Crippen LogP contribution in [-0.4, -0.2) is 23.0 Å². The van der Waals surface area contributed by atoms with E-state index in [0.717, 1.165) is 9.04 Å². The Bertz CT molecular complexity index is 94.9. The second-order valence-electron chi connectivity index (χ2n) is 3.35. The van der Waals surface area contributed by atoms with Gasteiger partial charge in [0, 0.05) is 16.1 Å². The monoisotopic (exact) mass is 194 g/mol. The summed E-state index contributed by atoms with van der Waals surface area (Å²) in [6, 6.07) is 0. The van der Waals surface area contributed by atoms with Gasteiger partial charge in [0.25, 0.3) is 0 Å². The average molecular weight is 195 g/mol. The zero-order valence-corrected chi connectivity index (χ0v) is 10.6. The lowest BCUT2D eigenvalue weighted by Gasteiger charge is -2.30. The van der Waals surface area contributed by atoms with E-state index in [-0.39, 0.29) is 0 Å². The Hall–Kier alpha value is 0.941. The zero-order valence-electron chi connectivity index (χ0n) is 6.88. The van der Waals surface area contributed by atoms with Crippen molar-refractivity contribution in [2.75, 3.05) is 0 Å². The lowest BCUT2D eigenvalue weighted by molar-refractivity contribution is 1.90. The van der Waals surface area contributed by atoms with Gasteiger partial charge in [-0.1, -0.05) is 32.7 Å². The molecule has 0 aliphatic rings. The summed E-state index contributed by atoms with van der Waals surface area (Å²) in [5, 5.41) is 0. The van der Waals surface area contributed by atoms with Crippen LogP contribution in [0.2, 0.25) is 32.7 Å². The predicted molar refractivity (Wildman–Crippen MR) is 52.4 cm³/mol. The molecule has 0 aliphatic heterocycles. The number of hydrogen-bond acceptors (Lipinski definition) is 0. The summed E-state index contributed by atoms with van der Waals surface area (Å²) in [7, 11) is 0.158. The van der Waals surface area contributed by atoms with Crippen LogP contribution in [0.4, 0.5) is 0 Å². The van der Waals surface area contributed by atoms with E-state index >= 15 is 0 Å². The third-order valence-corrected chi connectivity index (χ3v) is 32.6. The zero-order chi connectivity index (χ0) is 7.71. The van der Waals surface area contributed by atoms with Gasteiger partial charge in [0.2, 0.25) is 0 Å². The van der Waals surface area contributed by atoms with Crippen LogP contribution in [-0.2, 0) is 0 Å². The van der Waals surface area contributed by atoms with Gasteiger partial charge in [-0.25, -0.2) is 0 Å². The van der Waals surface area contributed by atoms with E-state index in [1.165, 1.54) is 0 Å². The van der Waals surface area contributed by atoms with Gasteiger partial charge >= 0.3 is 0 Å². The third-order valence-electron chi connectivity index (χ3n) is 2.11. The van der Waals surface area contributed by atoms with Crippen LogP contribution >= 0.6 is 11.1 Å². The summed E-state index contributed by atoms with van der Waals surface area (Å²) in [6.07, 6.45) is 0. The molecular weight excluding hydrogens is 180 g/mol. The molecule has 0 unspecified atom stereocenters. The first-order valence-electron chi connectivity index (χ1n) is 3.19. The van der Waals surface area contributed by atoms with Crippen LogP contribution in [0.1, 0.15) is 0 Å². The predicted octanol–water partition coefficient (Wildman–Crippen LogP) is 2.47. The summed E-state index contributed by atoms with van der Waals surface area (Å²) in [4.78, 5) is 0. The van der Waals surface area contributed by atoms with Crippen LogP contribution in [0.5, 0.6) is 0 Å². The quantitative estimate of drug-likeness (QED) is 0.468. The van der Waals surface area contributed by atoms with Gasteiger partial charge in [0.1, 0.15) is 6.90 Å². The highest BCUT2D eigenvalue weighted by Gasteiger charge is 2.37. The van der Waals surface area contributed by atoms with Crippen LogP contribution in [0, 0.1) is 0 Å². The van der Waals surface area contributed by atoms with Crippen molar-refractivity contribution in [3.05, 3.63) is 0 Å². The van der Waals surface area contributed by atoms with Gasteiger partial charge in [-0.15, -0.1) is 0 Å². The molecule has 0 aromatic rings.